The molecule has 0 unspecified atom stereocenters. The number of hydrogen-bond donors (Lipinski definition) is 0. The summed E-state index contributed by atoms with van der Waals surface area (Å²) < 4.78 is 1.60. The first-order valence-electron chi connectivity index (χ1n) is 7.70. The molecule has 2 aromatic rings. The van der Waals surface area contributed by atoms with Crippen molar-refractivity contribution in [2.45, 2.75) is 33.2 Å². The second kappa shape index (κ2) is 6.25. The molecule has 1 aliphatic rings. The van der Waals surface area contributed by atoms with Crippen molar-refractivity contribution in [2.75, 3.05) is 18.0 Å². The van der Waals surface area contributed by atoms with Crippen LogP contribution in [0.2, 0.25) is 0 Å². The second-order valence-corrected chi connectivity index (χ2v) is 5.94. The standard InChI is InChI=1S/C16H21N5O/c1-12-3-4-16(22)21(19-12)11-14-5-7-20(8-6-14)15-10-17-9-13(2)18-15/h3-4,9-10,14H,5-8,11H2,1-2H3. The summed E-state index contributed by atoms with van der Waals surface area (Å²) in [7, 11) is 0. The predicted molar refractivity (Wildman–Crippen MR) is 84.9 cm³/mol. The fraction of sp³-hybridized carbons (Fsp3) is 0.500. The van der Waals surface area contributed by atoms with E-state index in [0.717, 1.165) is 43.1 Å². The molecule has 1 aliphatic heterocycles. The highest BCUT2D eigenvalue weighted by atomic mass is 16.1. The summed E-state index contributed by atoms with van der Waals surface area (Å²) in [5.74, 6) is 1.44. The first-order valence-corrected chi connectivity index (χ1v) is 7.70. The van der Waals surface area contributed by atoms with Crippen LogP contribution in [0.15, 0.2) is 29.3 Å². The van der Waals surface area contributed by atoms with Crippen LogP contribution in [-0.4, -0.2) is 32.8 Å². The number of aromatic nitrogens is 4. The van der Waals surface area contributed by atoms with Crippen LogP contribution in [0.1, 0.15) is 24.2 Å². The molecule has 0 radical (unpaired) electrons. The lowest BCUT2D eigenvalue weighted by Crippen LogP contribution is -2.37. The minimum absolute atomic E-state index is 0.0161. The van der Waals surface area contributed by atoms with Crippen molar-refractivity contribution in [1.29, 1.82) is 0 Å². The molecule has 0 aliphatic carbocycles. The van der Waals surface area contributed by atoms with Crippen LogP contribution in [0, 0.1) is 19.8 Å². The molecule has 3 heterocycles. The summed E-state index contributed by atoms with van der Waals surface area (Å²) in [6, 6.07) is 3.36. The molecule has 3 rings (SSSR count). The maximum Gasteiger partial charge on any atom is 0.266 e. The van der Waals surface area contributed by atoms with E-state index in [1.165, 1.54) is 0 Å². The van der Waals surface area contributed by atoms with Crippen LogP contribution in [0.4, 0.5) is 5.82 Å². The van der Waals surface area contributed by atoms with E-state index in [9.17, 15) is 4.79 Å². The van der Waals surface area contributed by atoms with Gasteiger partial charge in [0.15, 0.2) is 0 Å². The average molecular weight is 299 g/mol. The van der Waals surface area contributed by atoms with E-state index in [0.29, 0.717) is 12.5 Å². The lowest BCUT2D eigenvalue weighted by Gasteiger charge is -2.32. The molecule has 0 saturated carbocycles. The lowest BCUT2D eigenvalue weighted by atomic mass is 9.97. The number of piperidine rings is 1. The Kier molecular flexibility index (Phi) is 4.18. The number of aryl methyl sites for hydroxylation is 2. The summed E-state index contributed by atoms with van der Waals surface area (Å²) in [6.45, 7) is 6.47. The quantitative estimate of drug-likeness (QED) is 0.860. The fourth-order valence-corrected chi connectivity index (χ4v) is 2.87. The smallest absolute Gasteiger partial charge is 0.266 e. The molecular weight excluding hydrogens is 278 g/mol. The predicted octanol–water partition coefficient (Wildman–Crippen LogP) is 1.57. The van der Waals surface area contributed by atoms with Gasteiger partial charge in [-0.05, 0) is 38.7 Å². The molecule has 0 bridgehead atoms. The van der Waals surface area contributed by atoms with Gasteiger partial charge in [0.2, 0.25) is 0 Å². The molecule has 116 valence electrons. The fourth-order valence-electron chi connectivity index (χ4n) is 2.87. The summed E-state index contributed by atoms with van der Waals surface area (Å²) in [4.78, 5) is 22.8. The maximum absolute atomic E-state index is 11.8. The van der Waals surface area contributed by atoms with Crippen molar-refractivity contribution < 1.29 is 0 Å². The van der Waals surface area contributed by atoms with Gasteiger partial charge >= 0.3 is 0 Å². The normalized spacial score (nSPS) is 16.0. The summed E-state index contributed by atoms with van der Waals surface area (Å²) >= 11 is 0. The summed E-state index contributed by atoms with van der Waals surface area (Å²) in [5, 5.41) is 4.32. The highest BCUT2D eigenvalue weighted by Crippen LogP contribution is 2.22. The monoisotopic (exact) mass is 299 g/mol. The summed E-state index contributed by atoms with van der Waals surface area (Å²) in [6.07, 6.45) is 5.67. The Hall–Kier alpha value is -2.24. The van der Waals surface area contributed by atoms with Crippen LogP contribution in [0.3, 0.4) is 0 Å². The van der Waals surface area contributed by atoms with Crippen LogP contribution >= 0.6 is 0 Å². The topological polar surface area (TPSA) is 63.9 Å². The zero-order valence-electron chi connectivity index (χ0n) is 13.1. The minimum Gasteiger partial charge on any atom is -0.355 e. The van der Waals surface area contributed by atoms with Crippen molar-refractivity contribution >= 4 is 5.82 Å². The van der Waals surface area contributed by atoms with Crippen molar-refractivity contribution in [3.8, 4) is 0 Å². The third-order valence-electron chi connectivity index (χ3n) is 4.11. The van der Waals surface area contributed by atoms with Crippen molar-refractivity contribution in [2.24, 2.45) is 5.92 Å². The maximum atomic E-state index is 11.8. The van der Waals surface area contributed by atoms with Gasteiger partial charge in [-0.3, -0.25) is 9.78 Å². The van der Waals surface area contributed by atoms with Crippen molar-refractivity contribution in [3.63, 3.8) is 0 Å². The SMILES string of the molecule is Cc1cncc(N2CCC(Cn3nc(C)ccc3=O)CC2)n1. The molecular formula is C16H21N5O. The van der Waals surface area contributed by atoms with Gasteiger partial charge in [-0.2, -0.15) is 5.10 Å². The summed E-state index contributed by atoms with van der Waals surface area (Å²) in [5.41, 5.74) is 1.81. The van der Waals surface area contributed by atoms with Gasteiger partial charge < -0.3 is 4.90 Å². The molecule has 1 fully saturated rings. The third-order valence-corrected chi connectivity index (χ3v) is 4.11. The van der Waals surface area contributed by atoms with Gasteiger partial charge in [0.25, 0.3) is 5.56 Å². The largest absolute Gasteiger partial charge is 0.355 e. The zero-order valence-corrected chi connectivity index (χ0v) is 13.1. The molecule has 2 aromatic heterocycles. The highest BCUT2D eigenvalue weighted by molar-refractivity contribution is 5.36. The minimum atomic E-state index is -0.0161. The number of anilines is 1. The highest BCUT2D eigenvalue weighted by Gasteiger charge is 2.21. The van der Waals surface area contributed by atoms with E-state index < -0.39 is 0 Å². The first kappa shape index (κ1) is 14.7. The van der Waals surface area contributed by atoms with Gasteiger partial charge in [0.05, 0.1) is 17.6 Å². The molecule has 0 aromatic carbocycles. The second-order valence-electron chi connectivity index (χ2n) is 5.94. The van der Waals surface area contributed by atoms with Crippen molar-refractivity contribution in [1.82, 2.24) is 19.7 Å². The molecule has 0 amide bonds. The number of hydrogen-bond acceptors (Lipinski definition) is 5. The van der Waals surface area contributed by atoms with Gasteiger partial charge in [0.1, 0.15) is 5.82 Å². The van der Waals surface area contributed by atoms with E-state index in [2.05, 4.69) is 20.0 Å². The van der Waals surface area contributed by atoms with Crippen molar-refractivity contribution in [3.05, 3.63) is 46.3 Å². The van der Waals surface area contributed by atoms with Gasteiger partial charge in [-0.25, -0.2) is 9.67 Å². The molecule has 0 atom stereocenters. The van der Waals surface area contributed by atoms with E-state index in [4.69, 9.17) is 0 Å². The number of rotatable bonds is 3. The Morgan fingerprint density at radius 3 is 2.64 bits per heavy atom. The van der Waals surface area contributed by atoms with Gasteiger partial charge in [0, 0.05) is 31.9 Å². The van der Waals surface area contributed by atoms with Crippen LogP contribution < -0.4 is 10.5 Å². The first-order chi connectivity index (χ1) is 10.6. The van der Waals surface area contributed by atoms with Crippen LogP contribution in [0.25, 0.3) is 0 Å². The molecule has 6 heteroatoms. The Labute approximate surface area is 129 Å². The Morgan fingerprint density at radius 2 is 1.91 bits per heavy atom. The molecule has 0 N–H and O–H groups in total. The Bertz CT molecular complexity index is 704. The number of nitrogens with zero attached hydrogens (tertiary/aromatic N) is 5. The van der Waals surface area contributed by atoms with E-state index in [1.54, 1.807) is 23.0 Å². The van der Waals surface area contributed by atoms with Crippen LogP contribution in [-0.2, 0) is 6.54 Å². The molecule has 1 saturated heterocycles. The Morgan fingerprint density at radius 1 is 1.14 bits per heavy atom. The molecule has 22 heavy (non-hydrogen) atoms. The lowest BCUT2D eigenvalue weighted by molar-refractivity contribution is 0.333. The van der Waals surface area contributed by atoms with Gasteiger partial charge in [-0.1, -0.05) is 0 Å². The average Bonchev–Trinajstić information content (AvgIpc) is 2.52. The Balaban J connectivity index is 1.62. The van der Waals surface area contributed by atoms with Gasteiger partial charge in [-0.15, -0.1) is 0 Å². The van der Waals surface area contributed by atoms with E-state index in [1.807, 2.05) is 20.0 Å². The van der Waals surface area contributed by atoms with Crippen LogP contribution in [0.5, 0.6) is 0 Å². The molecule has 6 nitrogen and oxygen atoms in total. The molecule has 0 spiro atoms. The zero-order chi connectivity index (χ0) is 15.5. The third kappa shape index (κ3) is 3.32. The van der Waals surface area contributed by atoms with E-state index in [-0.39, 0.29) is 5.56 Å². The van der Waals surface area contributed by atoms with E-state index >= 15 is 0 Å².